The quantitative estimate of drug-likeness (QED) is 0.421. The monoisotopic (exact) mass is 421 g/mol. The van der Waals surface area contributed by atoms with Gasteiger partial charge in [-0.1, -0.05) is 13.8 Å². The Morgan fingerprint density at radius 1 is 1.23 bits per heavy atom. The highest BCUT2D eigenvalue weighted by atomic mass is 127. The first-order chi connectivity index (χ1) is 10.1. The van der Waals surface area contributed by atoms with Crippen molar-refractivity contribution in [1.82, 2.24) is 10.2 Å². The Morgan fingerprint density at radius 3 is 2.36 bits per heavy atom. The van der Waals surface area contributed by atoms with Gasteiger partial charge in [0.2, 0.25) is 0 Å². The van der Waals surface area contributed by atoms with Crippen molar-refractivity contribution in [3.63, 3.8) is 0 Å². The van der Waals surface area contributed by atoms with Crippen LogP contribution in [0.5, 0.6) is 0 Å². The molecule has 3 rings (SSSR count). The summed E-state index contributed by atoms with van der Waals surface area (Å²) in [6.07, 6.45) is 6.79. The average molecular weight is 421 g/mol. The maximum absolute atomic E-state index is 6.03. The van der Waals surface area contributed by atoms with Gasteiger partial charge in [0, 0.05) is 32.3 Å². The van der Waals surface area contributed by atoms with Crippen molar-refractivity contribution in [1.29, 1.82) is 0 Å². The summed E-state index contributed by atoms with van der Waals surface area (Å²) in [5.74, 6) is 1.99. The Hall–Kier alpha value is -0.0400. The molecule has 128 valence electrons. The summed E-state index contributed by atoms with van der Waals surface area (Å²) < 4.78 is 6.03. The van der Waals surface area contributed by atoms with Crippen LogP contribution in [0.4, 0.5) is 0 Å². The van der Waals surface area contributed by atoms with Crippen LogP contribution in [-0.4, -0.2) is 49.2 Å². The van der Waals surface area contributed by atoms with E-state index in [0.29, 0.717) is 17.6 Å². The first kappa shape index (κ1) is 18.3. The number of hydrogen-bond donors (Lipinski definition) is 1. The number of nitrogens with zero attached hydrogens (tertiary/aromatic N) is 2. The Bertz CT molecular complexity index is 387. The van der Waals surface area contributed by atoms with Crippen LogP contribution >= 0.6 is 24.0 Å². The maximum atomic E-state index is 6.03. The third-order valence-corrected chi connectivity index (χ3v) is 5.13. The van der Waals surface area contributed by atoms with Crippen LogP contribution in [0.2, 0.25) is 0 Å². The number of halogens is 1. The molecular formula is C17H32IN3O. The van der Waals surface area contributed by atoms with Crippen molar-refractivity contribution >= 4 is 29.9 Å². The maximum Gasteiger partial charge on any atom is 0.194 e. The molecular weight excluding hydrogens is 389 g/mol. The lowest BCUT2D eigenvalue weighted by atomic mass is 10.1. The van der Waals surface area contributed by atoms with E-state index in [1.54, 1.807) is 0 Å². The molecule has 1 aliphatic heterocycles. The summed E-state index contributed by atoms with van der Waals surface area (Å²) in [6.45, 7) is 10.8. The van der Waals surface area contributed by atoms with Crippen LogP contribution in [0.15, 0.2) is 4.99 Å². The number of likely N-dealkylation sites (tertiary alicyclic amines) is 1. The second-order valence-corrected chi connectivity index (χ2v) is 7.65. The molecule has 1 unspecified atom stereocenters. The minimum atomic E-state index is 0. The number of nitrogens with one attached hydrogen (secondary N) is 1. The third-order valence-electron chi connectivity index (χ3n) is 5.13. The van der Waals surface area contributed by atoms with Crippen LogP contribution < -0.4 is 5.32 Å². The van der Waals surface area contributed by atoms with Gasteiger partial charge in [0.25, 0.3) is 0 Å². The van der Waals surface area contributed by atoms with Crippen molar-refractivity contribution in [2.75, 3.05) is 26.2 Å². The van der Waals surface area contributed by atoms with Crippen LogP contribution in [0, 0.1) is 11.3 Å². The molecule has 0 aromatic rings. The average Bonchev–Trinajstić information content (AvgIpc) is 3.36. The Kier molecular flexibility index (Phi) is 6.39. The molecule has 3 fully saturated rings. The molecule has 0 spiro atoms. The van der Waals surface area contributed by atoms with Gasteiger partial charge in [-0.3, -0.25) is 4.99 Å². The predicted molar refractivity (Wildman–Crippen MR) is 102 cm³/mol. The van der Waals surface area contributed by atoms with Gasteiger partial charge in [-0.15, -0.1) is 24.0 Å². The highest BCUT2D eigenvalue weighted by Crippen LogP contribution is 2.44. The molecule has 2 saturated carbocycles. The normalized spacial score (nSPS) is 28.2. The summed E-state index contributed by atoms with van der Waals surface area (Å²) in [5.41, 5.74) is 0.445. The molecule has 0 aromatic heterocycles. The lowest BCUT2D eigenvalue weighted by Crippen LogP contribution is -2.48. The molecule has 1 atom stereocenters. The fraction of sp³-hybridized carbons (Fsp3) is 0.941. The molecule has 4 nitrogen and oxygen atoms in total. The highest BCUT2D eigenvalue weighted by molar-refractivity contribution is 14.0. The summed E-state index contributed by atoms with van der Waals surface area (Å²) in [4.78, 5) is 7.12. The molecule has 0 bridgehead atoms. The van der Waals surface area contributed by atoms with E-state index in [9.17, 15) is 0 Å². The number of guanidine groups is 1. The largest absolute Gasteiger partial charge is 0.378 e. The summed E-state index contributed by atoms with van der Waals surface area (Å²) in [5, 5.41) is 3.66. The number of aliphatic imine (C=N–C) groups is 1. The minimum absolute atomic E-state index is 0. The van der Waals surface area contributed by atoms with Gasteiger partial charge in [-0.05, 0) is 50.4 Å². The van der Waals surface area contributed by atoms with Gasteiger partial charge in [-0.25, -0.2) is 0 Å². The predicted octanol–water partition coefficient (Wildman–Crippen LogP) is 3.26. The fourth-order valence-electron chi connectivity index (χ4n) is 3.05. The van der Waals surface area contributed by atoms with Crippen molar-refractivity contribution in [2.45, 2.75) is 65.0 Å². The SMILES string of the molecule is CCN=C(NC1CC1(C)C)N1CCC(OCC2CC2)CC1.I. The number of ether oxygens (including phenoxy) is 1. The van der Waals surface area contributed by atoms with E-state index in [1.807, 2.05) is 0 Å². The third kappa shape index (κ3) is 4.98. The van der Waals surface area contributed by atoms with Gasteiger partial charge in [0.15, 0.2) is 5.96 Å². The topological polar surface area (TPSA) is 36.9 Å². The molecule has 0 aromatic carbocycles. The van der Waals surface area contributed by atoms with Gasteiger partial charge in [0.05, 0.1) is 6.10 Å². The number of hydrogen-bond acceptors (Lipinski definition) is 2. The van der Waals surface area contributed by atoms with Gasteiger partial charge < -0.3 is 15.0 Å². The zero-order chi connectivity index (χ0) is 14.9. The summed E-state index contributed by atoms with van der Waals surface area (Å²) >= 11 is 0. The number of piperidine rings is 1. The van der Waals surface area contributed by atoms with E-state index in [0.717, 1.165) is 51.0 Å². The molecule has 2 aliphatic carbocycles. The van der Waals surface area contributed by atoms with Gasteiger partial charge in [-0.2, -0.15) is 0 Å². The summed E-state index contributed by atoms with van der Waals surface area (Å²) in [7, 11) is 0. The van der Waals surface area contributed by atoms with Gasteiger partial charge in [0.1, 0.15) is 0 Å². The standard InChI is InChI=1S/C17H31N3O.HI/c1-4-18-16(19-15-11-17(15,2)3)20-9-7-14(8-10-20)21-12-13-5-6-13;/h13-15H,4-12H2,1-3H3,(H,18,19);1H. The lowest BCUT2D eigenvalue weighted by molar-refractivity contribution is 0.0130. The molecule has 5 heteroatoms. The van der Waals surface area contributed by atoms with E-state index >= 15 is 0 Å². The number of rotatable bonds is 5. The second kappa shape index (κ2) is 7.69. The minimum Gasteiger partial charge on any atom is -0.378 e. The molecule has 0 radical (unpaired) electrons. The zero-order valence-electron chi connectivity index (χ0n) is 14.3. The molecule has 0 amide bonds. The highest BCUT2D eigenvalue weighted by Gasteiger charge is 2.46. The van der Waals surface area contributed by atoms with E-state index < -0.39 is 0 Å². The van der Waals surface area contributed by atoms with Crippen LogP contribution in [0.25, 0.3) is 0 Å². The Labute approximate surface area is 152 Å². The zero-order valence-corrected chi connectivity index (χ0v) is 16.6. The van der Waals surface area contributed by atoms with Gasteiger partial charge >= 0.3 is 0 Å². The first-order valence-electron chi connectivity index (χ1n) is 8.76. The van der Waals surface area contributed by atoms with Crippen molar-refractivity contribution in [2.24, 2.45) is 16.3 Å². The van der Waals surface area contributed by atoms with Crippen LogP contribution in [0.3, 0.4) is 0 Å². The molecule has 1 saturated heterocycles. The van der Waals surface area contributed by atoms with Crippen LogP contribution in [0.1, 0.15) is 52.9 Å². The second-order valence-electron chi connectivity index (χ2n) is 7.65. The van der Waals surface area contributed by atoms with E-state index in [4.69, 9.17) is 9.73 Å². The molecule has 1 N–H and O–H groups in total. The lowest BCUT2D eigenvalue weighted by Gasteiger charge is -2.34. The molecule has 3 aliphatic rings. The van der Waals surface area contributed by atoms with Crippen molar-refractivity contribution < 1.29 is 4.74 Å². The van der Waals surface area contributed by atoms with E-state index in [2.05, 4.69) is 31.0 Å². The van der Waals surface area contributed by atoms with Crippen molar-refractivity contribution in [3.05, 3.63) is 0 Å². The molecule has 22 heavy (non-hydrogen) atoms. The Balaban J connectivity index is 0.00000176. The van der Waals surface area contributed by atoms with E-state index in [-0.39, 0.29) is 24.0 Å². The van der Waals surface area contributed by atoms with Crippen molar-refractivity contribution in [3.8, 4) is 0 Å². The fourth-order valence-corrected chi connectivity index (χ4v) is 3.05. The first-order valence-corrected chi connectivity index (χ1v) is 8.76. The van der Waals surface area contributed by atoms with E-state index in [1.165, 1.54) is 19.3 Å². The van der Waals surface area contributed by atoms with Crippen LogP contribution in [-0.2, 0) is 4.74 Å². The Morgan fingerprint density at radius 2 is 1.86 bits per heavy atom. The smallest absolute Gasteiger partial charge is 0.194 e. The summed E-state index contributed by atoms with van der Waals surface area (Å²) in [6, 6.07) is 0.603. The molecule has 1 heterocycles.